The van der Waals surface area contributed by atoms with Gasteiger partial charge in [0.25, 0.3) is 0 Å². The molecule has 1 amide bonds. The van der Waals surface area contributed by atoms with Gasteiger partial charge >= 0.3 is 0 Å². The summed E-state index contributed by atoms with van der Waals surface area (Å²) in [6.45, 7) is 3.87. The number of aryl methyl sites for hydroxylation is 2. The predicted octanol–water partition coefficient (Wildman–Crippen LogP) is 2.63. The summed E-state index contributed by atoms with van der Waals surface area (Å²) >= 11 is 0. The molecule has 0 radical (unpaired) electrons. The van der Waals surface area contributed by atoms with Crippen LogP contribution in [0, 0.1) is 24.7 Å². The maximum Gasteiger partial charge on any atom is 0.236 e. The topological polar surface area (TPSA) is 84.7 Å². The number of rotatable bonds is 3. The minimum absolute atomic E-state index is 0.0659. The highest BCUT2D eigenvalue weighted by molar-refractivity contribution is 6.01. The number of hydrogen-bond acceptors (Lipinski definition) is 5. The molecule has 1 aliphatic rings. The van der Waals surface area contributed by atoms with Gasteiger partial charge in [0.05, 0.1) is 11.5 Å². The average Bonchev–Trinajstić information content (AvgIpc) is 3.33. The number of amides is 1. The van der Waals surface area contributed by atoms with Crippen molar-refractivity contribution in [2.45, 2.75) is 13.8 Å². The highest BCUT2D eigenvalue weighted by atomic mass is 16.2. The summed E-state index contributed by atoms with van der Waals surface area (Å²) in [5.74, 6) is 8.16. The Morgan fingerprint density at radius 3 is 2.61 bits per heavy atom. The first-order valence-corrected chi connectivity index (χ1v) is 8.94. The molecule has 28 heavy (non-hydrogen) atoms. The summed E-state index contributed by atoms with van der Waals surface area (Å²) in [6.07, 6.45) is 7.23. The normalized spacial score (nSPS) is 14.9. The lowest BCUT2D eigenvalue weighted by Crippen LogP contribution is -2.16. The third-order valence-electron chi connectivity index (χ3n) is 4.79. The van der Waals surface area contributed by atoms with Gasteiger partial charge in [0.2, 0.25) is 5.91 Å². The smallest absolute Gasteiger partial charge is 0.236 e. The van der Waals surface area contributed by atoms with Crippen LogP contribution in [0.5, 0.6) is 0 Å². The van der Waals surface area contributed by atoms with E-state index in [9.17, 15) is 4.79 Å². The van der Waals surface area contributed by atoms with Gasteiger partial charge in [-0.1, -0.05) is 17.6 Å². The van der Waals surface area contributed by atoms with Crippen molar-refractivity contribution in [1.29, 1.82) is 0 Å². The first-order valence-electron chi connectivity index (χ1n) is 8.94. The van der Waals surface area contributed by atoms with Gasteiger partial charge in [-0.3, -0.25) is 4.79 Å². The van der Waals surface area contributed by atoms with Crippen LogP contribution in [-0.2, 0) is 11.8 Å². The maximum absolute atomic E-state index is 12.2. The molecule has 0 aromatic carbocycles. The number of imidazole rings is 1. The van der Waals surface area contributed by atoms with Crippen molar-refractivity contribution in [3.8, 4) is 11.8 Å². The van der Waals surface area contributed by atoms with Crippen molar-refractivity contribution in [2.75, 3.05) is 17.7 Å². The molecule has 0 aliphatic heterocycles. The molecule has 0 spiro atoms. The average molecular weight is 372 g/mol. The molecule has 3 heterocycles. The summed E-state index contributed by atoms with van der Waals surface area (Å²) in [5, 5.41) is 7.64. The fraction of sp³-hybridized carbons (Fsp3) is 0.238. The lowest BCUT2D eigenvalue weighted by atomic mass is 10.1. The molecular weight excluding hydrogens is 352 g/mol. The minimum Gasteiger partial charge on any atom is -0.373 e. The van der Waals surface area contributed by atoms with Crippen molar-refractivity contribution in [3.63, 3.8) is 0 Å². The Hall–Kier alpha value is -3.66. The number of nitrogens with one attached hydrogen (secondary N) is 2. The molecule has 0 bridgehead atoms. The quantitative estimate of drug-likeness (QED) is 0.545. The minimum atomic E-state index is -0.116. The Bertz CT molecular complexity index is 1180. The second-order valence-corrected chi connectivity index (χ2v) is 6.80. The monoisotopic (exact) mass is 372 g/mol. The van der Waals surface area contributed by atoms with E-state index < -0.39 is 0 Å². The summed E-state index contributed by atoms with van der Waals surface area (Å²) in [6, 6.07) is 1.83. The lowest BCUT2D eigenvalue weighted by Gasteiger charge is -2.09. The zero-order chi connectivity index (χ0) is 19.8. The van der Waals surface area contributed by atoms with Crippen molar-refractivity contribution in [1.82, 2.24) is 19.5 Å². The van der Waals surface area contributed by atoms with Crippen molar-refractivity contribution >= 4 is 28.3 Å². The number of hydrogen-bond donors (Lipinski definition) is 2. The zero-order valence-electron chi connectivity index (χ0n) is 16.2. The SMILES string of the molecule is CNc1ncc(C#Cc2cn(C)c(C)n2)c2cc(NC(=O)[C@H]3C=C3C)ncc12. The molecule has 0 saturated heterocycles. The Balaban J connectivity index is 1.73. The highest BCUT2D eigenvalue weighted by Crippen LogP contribution is 2.30. The molecule has 0 fully saturated rings. The second-order valence-electron chi connectivity index (χ2n) is 6.80. The van der Waals surface area contributed by atoms with Gasteiger partial charge < -0.3 is 15.2 Å². The van der Waals surface area contributed by atoms with E-state index in [1.165, 1.54) is 0 Å². The zero-order valence-corrected chi connectivity index (χ0v) is 16.2. The molecule has 140 valence electrons. The van der Waals surface area contributed by atoms with Gasteiger partial charge in [0, 0.05) is 43.5 Å². The number of nitrogens with zero attached hydrogens (tertiary/aromatic N) is 4. The molecule has 3 aromatic heterocycles. The molecule has 7 nitrogen and oxygen atoms in total. The predicted molar refractivity (Wildman–Crippen MR) is 109 cm³/mol. The van der Waals surface area contributed by atoms with Crippen LogP contribution in [0.15, 0.2) is 36.3 Å². The fourth-order valence-electron chi connectivity index (χ4n) is 2.95. The van der Waals surface area contributed by atoms with Crippen LogP contribution in [-0.4, -0.2) is 32.5 Å². The van der Waals surface area contributed by atoms with Gasteiger partial charge in [-0.05, 0) is 25.8 Å². The van der Waals surface area contributed by atoms with Crippen LogP contribution in [0.3, 0.4) is 0 Å². The van der Waals surface area contributed by atoms with Crippen LogP contribution >= 0.6 is 0 Å². The Morgan fingerprint density at radius 2 is 1.96 bits per heavy atom. The summed E-state index contributed by atoms with van der Waals surface area (Å²) in [4.78, 5) is 25.4. The van der Waals surface area contributed by atoms with E-state index >= 15 is 0 Å². The van der Waals surface area contributed by atoms with E-state index in [-0.39, 0.29) is 11.8 Å². The Labute approximate surface area is 162 Å². The van der Waals surface area contributed by atoms with Crippen LogP contribution in [0.25, 0.3) is 10.8 Å². The van der Waals surface area contributed by atoms with Crippen molar-refractivity contribution in [3.05, 3.63) is 53.4 Å². The first-order chi connectivity index (χ1) is 13.5. The van der Waals surface area contributed by atoms with Crippen LogP contribution in [0.4, 0.5) is 11.6 Å². The number of pyridine rings is 2. The molecule has 4 rings (SSSR count). The number of anilines is 2. The molecular formula is C21H20N6O. The van der Waals surface area contributed by atoms with E-state index in [0.717, 1.165) is 27.7 Å². The maximum atomic E-state index is 12.2. The molecule has 0 saturated carbocycles. The number of carbonyl (C=O) groups excluding carboxylic acids is 1. The summed E-state index contributed by atoms with van der Waals surface area (Å²) < 4.78 is 1.93. The molecule has 1 aliphatic carbocycles. The van der Waals surface area contributed by atoms with Gasteiger partial charge in [-0.15, -0.1) is 0 Å². The molecule has 3 aromatic rings. The van der Waals surface area contributed by atoms with E-state index in [1.54, 1.807) is 19.4 Å². The molecule has 1 atom stereocenters. The summed E-state index contributed by atoms with van der Waals surface area (Å²) in [5.41, 5.74) is 2.52. The van der Waals surface area contributed by atoms with Gasteiger partial charge in [-0.25, -0.2) is 15.0 Å². The van der Waals surface area contributed by atoms with Crippen LogP contribution < -0.4 is 10.6 Å². The molecule has 7 heteroatoms. The van der Waals surface area contributed by atoms with Crippen molar-refractivity contribution < 1.29 is 4.79 Å². The second kappa shape index (κ2) is 6.82. The first kappa shape index (κ1) is 17.7. The molecule has 0 unspecified atom stereocenters. The van der Waals surface area contributed by atoms with E-state index in [4.69, 9.17) is 0 Å². The summed E-state index contributed by atoms with van der Waals surface area (Å²) in [7, 11) is 3.74. The Morgan fingerprint density at radius 1 is 1.18 bits per heavy atom. The third kappa shape index (κ3) is 3.32. The van der Waals surface area contributed by atoms with Crippen molar-refractivity contribution in [2.24, 2.45) is 13.0 Å². The van der Waals surface area contributed by atoms with Gasteiger partial charge in [0.15, 0.2) is 0 Å². The number of fused-ring (bicyclic) bond motifs is 1. The van der Waals surface area contributed by atoms with Gasteiger partial charge in [0.1, 0.15) is 23.2 Å². The van der Waals surface area contributed by atoms with Crippen LogP contribution in [0.2, 0.25) is 0 Å². The number of aromatic nitrogens is 4. The number of carbonyl (C=O) groups is 1. The fourth-order valence-corrected chi connectivity index (χ4v) is 2.95. The highest BCUT2D eigenvalue weighted by Gasteiger charge is 2.28. The van der Waals surface area contributed by atoms with Crippen LogP contribution in [0.1, 0.15) is 24.0 Å². The van der Waals surface area contributed by atoms with E-state index in [1.807, 2.05) is 43.8 Å². The van der Waals surface area contributed by atoms with Gasteiger partial charge in [-0.2, -0.15) is 0 Å². The molecule has 2 N–H and O–H groups in total. The standard InChI is InChI=1S/C21H20N6O/c1-12-7-16(12)21(28)26-19-8-17-14(5-6-15-11-27(4)13(2)25-15)9-24-20(22-3)18(17)10-23-19/h7-11,16H,1-4H3,(H,22,24)(H,23,26,28)/t16-/m0/s1. The largest absolute Gasteiger partial charge is 0.373 e. The lowest BCUT2D eigenvalue weighted by molar-refractivity contribution is -0.116. The third-order valence-corrected chi connectivity index (χ3v) is 4.79. The van der Waals surface area contributed by atoms with E-state index in [0.29, 0.717) is 17.3 Å². The van der Waals surface area contributed by atoms with E-state index in [2.05, 4.69) is 37.4 Å². The Kier molecular flexibility index (Phi) is 4.32.